The Hall–Kier alpha value is -1.89. The van der Waals surface area contributed by atoms with Gasteiger partial charge in [-0.1, -0.05) is 76.1 Å². The molecule has 0 unspecified atom stereocenters. The molecule has 0 aromatic heterocycles. The first kappa shape index (κ1) is 39.0. The van der Waals surface area contributed by atoms with Gasteiger partial charge in [0.2, 0.25) is 0 Å². The van der Waals surface area contributed by atoms with Crippen LogP contribution in [-0.2, 0) is 25.6 Å². The summed E-state index contributed by atoms with van der Waals surface area (Å²) in [4.78, 5) is 13.3. The minimum absolute atomic E-state index is 0.0409. The topological polar surface area (TPSA) is 166 Å². The van der Waals surface area contributed by atoms with Crippen molar-refractivity contribution in [2.24, 2.45) is 56.2 Å². The third-order valence-electron chi connectivity index (χ3n) is 17.3. The van der Waals surface area contributed by atoms with Crippen LogP contribution in [0.5, 0.6) is 0 Å². The largest absolute Gasteiger partial charge is 0.481 e. The number of allylic oxidation sites excluding steroid dienone is 2. The monoisotopic (exact) mass is 752 g/mol. The highest BCUT2D eigenvalue weighted by Crippen LogP contribution is 2.79. The SMILES string of the molecule is C[C@]1(CO)CC[C@]2(C(=O)O)CC[C@]3(C)C(=C[C@@H]4CCC[C@]35CC[C@@H]3[C@](C)(CO)[C@H](O[C@@H]6OC[C@@H](O)[C@H](O)[C@H]6O)[C@H](OCc6ccccc6)C[C@]3(C)[C@@H]45)[C@@H]2C1. The normalized spacial score (nSPS) is 51.2. The number of ether oxygens (including phenoxy) is 3. The number of benzene rings is 1. The average Bonchev–Trinajstić information content (AvgIpc) is 3.16. The van der Waals surface area contributed by atoms with Crippen LogP contribution in [0.3, 0.4) is 0 Å². The average molecular weight is 753 g/mol. The minimum Gasteiger partial charge on any atom is -0.481 e. The highest BCUT2D eigenvalue weighted by atomic mass is 16.7. The molecule has 0 spiro atoms. The first-order chi connectivity index (χ1) is 25.6. The van der Waals surface area contributed by atoms with Crippen LogP contribution in [0.1, 0.15) is 104 Å². The Morgan fingerprint density at radius 2 is 1.63 bits per heavy atom. The van der Waals surface area contributed by atoms with E-state index in [2.05, 4.69) is 33.8 Å². The molecule has 5 saturated carbocycles. The summed E-state index contributed by atoms with van der Waals surface area (Å²) < 4.78 is 19.4. The van der Waals surface area contributed by atoms with Crippen molar-refractivity contribution in [1.29, 1.82) is 0 Å². The Kier molecular flexibility index (Phi) is 9.82. The van der Waals surface area contributed by atoms with Crippen molar-refractivity contribution in [2.45, 2.75) is 142 Å². The second-order valence-electron chi connectivity index (χ2n) is 19.9. The number of carbonyl (C=O) groups is 1. The zero-order valence-electron chi connectivity index (χ0n) is 32.7. The van der Waals surface area contributed by atoms with Gasteiger partial charge in [-0.05, 0) is 115 Å². The van der Waals surface area contributed by atoms with E-state index in [9.17, 15) is 35.4 Å². The molecule has 1 aromatic rings. The van der Waals surface area contributed by atoms with Gasteiger partial charge >= 0.3 is 5.97 Å². The van der Waals surface area contributed by atoms with Gasteiger partial charge in [-0.25, -0.2) is 0 Å². The Morgan fingerprint density at radius 3 is 2.33 bits per heavy atom. The maximum Gasteiger partial charge on any atom is 0.310 e. The maximum atomic E-state index is 13.3. The van der Waals surface area contributed by atoms with E-state index in [-0.39, 0.29) is 65.2 Å². The molecular weight excluding hydrogens is 688 g/mol. The number of hydrogen-bond donors (Lipinski definition) is 6. The van der Waals surface area contributed by atoms with E-state index in [1.165, 1.54) is 5.57 Å². The Balaban J connectivity index is 1.21. The molecule has 1 aromatic carbocycles. The smallest absolute Gasteiger partial charge is 0.310 e. The summed E-state index contributed by atoms with van der Waals surface area (Å²) >= 11 is 0. The van der Waals surface area contributed by atoms with Crippen LogP contribution in [0.15, 0.2) is 42.0 Å². The number of rotatable bonds is 8. The van der Waals surface area contributed by atoms with Crippen LogP contribution in [0.4, 0.5) is 0 Å². The van der Waals surface area contributed by atoms with Gasteiger partial charge in [0.25, 0.3) is 0 Å². The fourth-order valence-electron chi connectivity index (χ4n) is 14.5. The van der Waals surface area contributed by atoms with Crippen molar-refractivity contribution >= 4 is 5.97 Å². The molecule has 16 atom stereocenters. The van der Waals surface area contributed by atoms with Crippen molar-refractivity contribution in [1.82, 2.24) is 0 Å². The predicted molar refractivity (Wildman–Crippen MR) is 200 cm³/mol. The second kappa shape index (κ2) is 13.6. The molecule has 1 saturated heterocycles. The van der Waals surface area contributed by atoms with E-state index >= 15 is 0 Å². The van der Waals surface area contributed by atoms with E-state index < -0.39 is 53.6 Å². The summed E-state index contributed by atoms with van der Waals surface area (Å²) in [7, 11) is 0. The van der Waals surface area contributed by atoms with Gasteiger partial charge < -0.3 is 44.8 Å². The molecule has 0 amide bonds. The lowest BCUT2D eigenvalue weighted by Gasteiger charge is -2.75. The summed E-state index contributed by atoms with van der Waals surface area (Å²) in [6.07, 6.45) is 5.35. The lowest BCUT2D eigenvalue weighted by Crippen LogP contribution is -2.71. The number of hydrogen-bond acceptors (Lipinski definition) is 9. The zero-order valence-corrected chi connectivity index (χ0v) is 32.7. The molecule has 300 valence electrons. The van der Waals surface area contributed by atoms with Crippen LogP contribution in [0.2, 0.25) is 0 Å². The van der Waals surface area contributed by atoms with E-state index in [0.717, 1.165) is 50.5 Å². The highest BCUT2D eigenvalue weighted by molar-refractivity contribution is 5.76. The fraction of sp³-hybridized carbons (Fsp3) is 0.795. The number of fused-ring (bicyclic) bond motifs is 4. The summed E-state index contributed by atoms with van der Waals surface area (Å²) in [5.41, 5.74) is -0.0524. The van der Waals surface area contributed by atoms with Crippen LogP contribution in [0, 0.1) is 56.2 Å². The molecular formula is C44H64O10. The molecule has 6 fully saturated rings. The van der Waals surface area contributed by atoms with E-state index in [1.54, 1.807) is 0 Å². The highest BCUT2D eigenvalue weighted by Gasteiger charge is 2.74. The number of aliphatic hydroxyl groups is 5. The quantitative estimate of drug-likeness (QED) is 0.153. The molecule has 2 bridgehead atoms. The Morgan fingerprint density at radius 1 is 0.889 bits per heavy atom. The predicted octanol–water partition coefficient (Wildman–Crippen LogP) is 5.23. The fourth-order valence-corrected chi connectivity index (χ4v) is 14.5. The Bertz CT molecular complexity index is 1600. The van der Waals surface area contributed by atoms with Crippen molar-refractivity contribution in [2.75, 3.05) is 19.8 Å². The van der Waals surface area contributed by atoms with E-state index in [1.807, 2.05) is 30.3 Å². The van der Waals surface area contributed by atoms with Crippen molar-refractivity contribution in [3.05, 3.63) is 47.5 Å². The number of aliphatic hydroxyl groups excluding tert-OH is 5. The number of aliphatic carboxylic acids is 1. The van der Waals surface area contributed by atoms with E-state index in [4.69, 9.17) is 14.2 Å². The molecule has 1 aliphatic heterocycles. The van der Waals surface area contributed by atoms with Crippen LogP contribution >= 0.6 is 0 Å². The molecule has 7 aliphatic rings. The van der Waals surface area contributed by atoms with Gasteiger partial charge in [0.1, 0.15) is 18.3 Å². The lowest BCUT2D eigenvalue weighted by atomic mass is 9.29. The molecule has 54 heavy (non-hydrogen) atoms. The third-order valence-corrected chi connectivity index (χ3v) is 17.3. The molecule has 0 radical (unpaired) electrons. The van der Waals surface area contributed by atoms with Crippen LogP contribution in [-0.4, -0.2) is 93.2 Å². The maximum absolute atomic E-state index is 13.3. The van der Waals surface area contributed by atoms with Gasteiger partial charge in [-0.2, -0.15) is 0 Å². The Labute approximate surface area is 320 Å². The first-order valence-corrected chi connectivity index (χ1v) is 20.8. The second-order valence-corrected chi connectivity index (χ2v) is 19.9. The van der Waals surface area contributed by atoms with Crippen LogP contribution in [0.25, 0.3) is 0 Å². The van der Waals surface area contributed by atoms with Crippen molar-refractivity contribution in [3.8, 4) is 0 Å². The van der Waals surface area contributed by atoms with Gasteiger partial charge in [-0.3, -0.25) is 4.79 Å². The lowest BCUT2D eigenvalue weighted by molar-refractivity contribution is -0.336. The first-order valence-electron chi connectivity index (χ1n) is 20.8. The molecule has 6 aliphatic carbocycles. The van der Waals surface area contributed by atoms with E-state index in [0.29, 0.717) is 32.3 Å². The molecule has 10 nitrogen and oxygen atoms in total. The standard InChI is InChI=1S/C44H64O10/c1-39(24-45)15-17-43(38(50)51)18-16-42(4)28(29(43)20-39)19-27-11-8-13-44(42)14-12-32-40(2,35(27)44)21-31(52-22-26-9-6-5-7-10-26)36(41(32,3)25-46)54-37-34(49)33(48)30(47)23-53-37/h5-7,9-10,19,27,29-37,45-49H,8,11-18,20-25H2,1-4H3,(H,50,51)/t27-,29-,30+,31+,32-,33-,34+,35+,36+,37-,39-,40-,41-,42+,43-,44+/m0/s1. The van der Waals surface area contributed by atoms with Crippen LogP contribution < -0.4 is 0 Å². The molecule has 10 heteroatoms. The number of carboxylic acids is 1. The van der Waals surface area contributed by atoms with Gasteiger partial charge in [0, 0.05) is 12.0 Å². The van der Waals surface area contributed by atoms with Gasteiger partial charge in [0.15, 0.2) is 6.29 Å². The summed E-state index contributed by atoms with van der Waals surface area (Å²) in [5, 5.41) is 64.9. The van der Waals surface area contributed by atoms with Gasteiger partial charge in [0.05, 0.1) is 37.4 Å². The third kappa shape index (κ3) is 5.51. The summed E-state index contributed by atoms with van der Waals surface area (Å²) in [6.45, 7) is 9.18. The van der Waals surface area contributed by atoms with Crippen molar-refractivity contribution in [3.63, 3.8) is 0 Å². The molecule has 6 N–H and O–H groups in total. The number of carboxylic acid groups (broad SMARTS) is 1. The summed E-state index contributed by atoms with van der Waals surface area (Å²) in [6, 6.07) is 10.0. The van der Waals surface area contributed by atoms with Crippen molar-refractivity contribution < 1.29 is 49.6 Å². The minimum atomic E-state index is -1.47. The zero-order chi connectivity index (χ0) is 38.5. The summed E-state index contributed by atoms with van der Waals surface area (Å²) in [5.74, 6) is -0.218. The molecule has 1 heterocycles. The molecule has 8 rings (SSSR count). The van der Waals surface area contributed by atoms with Gasteiger partial charge in [-0.15, -0.1) is 0 Å².